The van der Waals surface area contributed by atoms with Crippen LogP contribution in [0.15, 0.2) is 54.6 Å². The molecule has 0 bridgehead atoms. The Balaban J connectivity index is 1.87. The van der Waals surface area contributed by atoms with Crippen LogP contribution in [0.2, 0.25) is 0 Å². The summed E-state index contributed by atoms with van der Waals surface area (Å²) in [4.78, 5) is 12.0. The molecule has 0 aliphatic heterocycles. The minimum absolute atomic E-state index is 0.138. The molecule has 3 aromatic rings. The Morgan fingerprint density at radius 3 is 1.62 bits per heavy atom. The molecule has 2 nitrogen and oxygen atoms in total. The zero-order valence-electron chi connectivity index (χ0n) is 13.0. The van der Waals surface area contributed by atoms with Gasteiger partial charge in [0.25, 0.3) is 5.91 Å². The molecule has 0 atom stereocenters. The van der Waals surface area contributed by atoms with Gasteiger partial charge in [0.15, 0.2) is 23.3 Å². The number of carbonyl (C=O) groups excluding carboxylic acids is 1. The molecule has 3 aromatic carbocycles. The van der Waals surface area contributed by atoms with E-state index in [0.717, 1.165) is 11.1 Å². The van der Waals surface area contributed by atoms with E-state index in [1.807, 2.05) is 30.3 Å². The van der Waals surface area contributed by atoms with Gasteiger partial charge in [-0.05, 0) is 23.3 Å². The number of hydrogen-bond donors (Lipinski definition) is 1. The average Bonchev–Trinajstić information content (AvgIpc) is 2.66. The van der Waals surface area contributed by atoms with Crippen LogP contribution < -0.4 is 5.32 Å². The fourth-order valence-corrected chi connectivity index (χ4v) is 2.37. The molecule has 0 unspecified atom stereocenters. The number of halogens is 5. The standard InChI is InChI=1S/C19H10F5NO/c20-14-13(15(21)17(23)18(24)16(14)22)19(26)25-12-8-6-11(7-9-12)10-4-2-1-3-5-10/h1-9H,(H,25,26). The molecular weight excluding hydrogens is 353 g/mol. The van der Waals surface area contributed by atoms with Gasteiger partial charge >= 0.3 is 0 Å². The van der Waals surface area contributed by atoms with Crippen molar-refractivity contribution >= 4 is 11.6 Å². The maximum Gasteiger partial charge on any atom is 0.261 e. The predicted octanol–water partition coefficient (Wildman–Crippen LogP) is 5.30. The van der Waals surface area contributed by atoms with E-state index in [1.54, 1.807) is 12.1 Å². The Kier molecular flexibility index (Phi) is 4.71. The van der Waals surface area contributed by atoms with Crippen molar-refractivity contribution in [2.24, 2.45) is 0 Å². The van der Waals surface area contributed by atoms with E-state index in [1.165, 1.54) is 12.1 Å². The Bertz CT molecular complexity index is 942. The Labute approximate surface area is 144 Å². The number of nitrogens with one attached hydrogen (secondary N) is 1. The summed E-state index contributed by atoms with van der Waals surface area (Å²) in [6.07, 6.45) is 0. The summed E-state index contributed by atoms with van der Waals surface area (Å²) in [6.45, 7) is 0. The molecule has 0 radical (unpaired) electrons. The molecule has 3 rings (SSSR count). The van der Waals surface area contributed by atoms with Gasteiger partial charge in [-0.15, -0.1) is 0 Å². The second-order valence-electron chi connectivity index (χ2n) is 5.34. The zero-order chi connectivity index (χ0) is 18.8. The van der Waals surface area contributed by atoms with Crippen molar-refractivity contribution < 1.29 is 26.7 Å². The Morgan fingerprint density at radius 1 is 0.615 bits per heavy atom. The van der Waals surface area contributed by atoms with Gasteiger partial charge in [-0.1, -0.05) is 42.5 Å². The summed E-state index contributed by atoms with van der Waals surface area (Å²) in [6, 6.07) is 15.4. The second-order valence-corrected chi connectivity index (χ2v) is 5.34. The predicted molar refractivity (Wildman–Crippen MR) is 86.1 cm³/mol. The maximum atomic E-state index is 13.7. The number of amides is 1. The Hall–Kier alpha value is -3.22. The molecule has 1 amide bonds. The molecule has 0 saturated heterocycles. The maximum absolute atomic E-state index is 13.7. The van der Waals surface area contributed by atoms with Crippen LogP contribution in [0.4, 0.5) is 27.6 Å². The molecule has 132 valence electrons. The molecule has 0 aromatic heterocycles. The molecule has 0 fully saturated rings. The number of carbonyl (C=O) groups is 1. The van der Waals surface area contributed by atoms with Gasteiger partial charge in [0, 0.05) is 5.69 Å². The SMILES string of the molecule is O=C(Nc1ccc(-c2ccccc2)cc1)c1c(F)c(F)c(F)c(F)c1F. The van der Waals surface area contributed by atoms with E-state index in [-0.39, 0.29) is 5.69 Å². The lowest BCUT2D eigenvalue weighted by Crippen LogP contribution is -2.19. The molecule has 7 heteroatoms. The van der Waals surface area contributed by atoms with Crippen molar-refractivity contribution in [2.75, 3.05) is 5.32 Å². The smallest absolute Gasteiger partial charge is 0.261 e. The number of rotatable bonds is 3. The van der Waals surface area contributed by atoms with Crippen molar-refractivity contribution in [2.45, 2.75) is 0 Å². The molecule has 0 heterocycles. The molecule has 0 aliphatic carbocycles. The van der Waals surface area contributed by atoms with Crippen molar-refractivity contribution in [1.82, 2.24) is 0 Å². The average molecular weight is 363 g/mol. The van der Waals surface area contributed by atoms with E-state index >= 15 is 0 Å². The molecule has 26 heavy (non-hydrogen) atoms. The summed E-state index contributed by atoms with van der Waals surface area (Å²) in [5, 5.41) is 2.12. The van der Waals surface area contributed by atoms with E-state index in [4.69, 9.17) is 0 Å². The van der Waals surface area contributed by atoms with Crippen LogP contribution in [0.3, 0.4) is 0 Å². The highest BCUT2D eigenvalue weighted by atomic mass is 19.2. The lowest BCUT2D eigenvalue weighted by atomic mass is 10.1. The van der Waals surface area contributed by atoms with Crippen LogP contribution in [-0.2, 0) is 0 Å². The van der Waals surface area contributed by atoms with Gasteiger partial charge in [0.2, 0.25) is 5.82 Å². The summed E-state index contributed by atoms with van der Waals surface area (Å²) in [5.74, 6) is -12.5. The van der Waals surface area contributed by atoms with Gasteiger partial charge < -0.3 is 5.32 Å². The summed E-state index contributed by atoms with van der Waals surface area (Å²) in [7, 11) is 0. The third-order valence-corrected chi connectivity index (χ3v) is 3.69. The van der Waals surface area contributed by atoms with Crippen LogP contribution in [0.5, 0.6) is 0 Å². The zero-order valence-corrected chi connectivity index (χ0v) is 13.0. The van der Waals surface area contributed by atoms with E-state index in [9.17, 15) is 26.7 Å². The highest BCUT2D eigenvalue weighted by molar-refractivity contribution is 6.04. The van der Waals surface area contributed by atoms with Gasteiger partial charge in [0.05, 0.1) is 0 Å². The number of benzene rings is 3. The highest BCUT2D eigenvalue weighted by Crippen LogP contribution is 2.25. The van der Waals surface area contributed by atoms with Gasteiger partial charge in [-0.25, -0.2) is 22.0 Å². The van der Waals surface area contributed by atoms with Gasteiger partial charge in [-0.2, -0.15) is 0 Å². The topological polar surface area (TPSA) is 29.1 Å². The van der Waals surface area contributed by atoms with Crippen LogP contribution in [0.1, 0.15) is 10.4 Å². The van der Waals surface area contributed by atoms with Gasteiger partial charge in [0.1, 0.15) is 5.56 Å². The van der Waals surface area contributed by atoms with Crippen LogP contribution in [-0.4, -0.2) is 5.91 Å². The van der Waals surface area contributed by atoms with Crippen LogP contribution >= 0.6 is 0 Å². The van der Waals surface area contributed by atoms with E-state index in [2.05, 4.69) is 5.32 Å². The van der Waals surface area contributed by atoms with Crippen LogP contribution in [0, 0.1) is 29.1 Å². The minimum Gasteiger partial charge on any atom is -0.322 e. The normalized spacial score (nSPS) is 10.7. The lowest BCUT2D eigenvalue weighted by Gasteiger charge is -2.10. The van der Waals surface area contributed by atoms with Crippen molar-refractivity contribution in [3.05, 3.63) is 89.2 Å². The van der Waals surface area contributed by atoms with Crippen molar-refractivity contribution in [3.63, 3.8) is 0 Å². The molecule has 1 N–H and O–H groups in total. The monoisotopic (exact) mass is 363 g/mol. The second kappa shape index (κ2) is 6.95. The van der Waals surface area contributed by atoms with Crippen molar-refractivity contribution in [1.29, 1.82) is 0 Å². The number of anilines is 1. The first-order valence-corrected chi connectivity index (χ1v) is 7.38. The fraction of sp³-hybridized carbons (Fsp3) is 0. The quantitative estimate of drug-likeness (QED) is 0.382. The fourth-order valence-electron chi connectivity index (χ4n) is 2.37. The largest absolute Gasteiger partial charge is 0.322 e. The lowest BCUT2D eigenvalue weighted by molar-refractivity contribution is 0.101. The van der Waals surface area contributed by atoms with Crippen molar-refractivity contribution in [3.8, 4) is 11.1 Å². The molecular formula is C19H10F5NO. The number of hydrogen-bond acceptors (Lipinski definition) is 1. The summed E-state index contributed by atoms with van der Waals surface area (Å²) < 4.78 is 66.8. The molecule has 0 aliphatic rings. The highest BCUT2D eigenvalue weighted by Gasteiger charge is 2.29. The first kappa shape index (κ1) is 17.6. The van der Waals surface area contributed by atoms with E-state index in [0.29, 0.717) is 0 Å². The van der Waals surface area contributed by atoms with E-state index < -0.39 is 40.6 Å². The third-order valence-electron chi connectivity index (χ3n) is 3.69. The molecule has 0 spiro atoms. The summed E-state index contributed by atoms with van der Waals surface area (Å²) >= 11 is 0. The minimum atomic E-state index is -2.32. The summed E-state index contributed by atoms with van der Waals surface area (Å²) in [5.41, 5.74) is 0.331. The van der Waals surface area contributed by atoms with Gasteiger partial charge in [-0.3, -0.25) is 4.79 Å². The Morgan fingerprint density at radius 2 is 1.08 bits per heavy atom. The first-order chi connectivity index (χ1) is 12.4. The third kappa shape index (κ3) is 3.15. The van der Waals surface area contributed by atoms with Crippen LogP contribution in [0.25, 0.3) is 11.1 Å². The first-order valence-electron chi connectivity index (χ1n) is 7.38. The molecule has 0 saturated carbocycles.